The number of benzene rings is 1. The molecule has 0 fully saturated rings. The molecular formula is C17H24BrNO. The van der Waals surface area contributed by atoms with Crippen LogP contribution in [0.2, 0.25) is 0 Å². The molecule has 0 bridgehead atoms. The number of hydrogen-bond acceptors (Lipinski definition) is 2. The van der Waals surface area contributed by atoms with E-state index < -0.39 is 0 Å². The fourth-order valence-electron chi connectivity index (χ4n) is 3.19. The summed E-state index contributed by atoms with van der Waals surface area (Å²) in [6, 6.07) is 4.14. The molecule has 0 amide bonds. The quantitative estimate of drug-likeness (QED) is 0.765. The van der Waals surface area contributed by atoms with E-state index in [-0.39, 0.29) is 0 Å². The number of anilines is 1. The number of ether oxygens (including phenoxy) is 1. The zero-order chi connectivity index (χ0) is 14.7. The van der Waals surface area contributed by atoms with Crippen molar-refractivity contribution in [1.82, 2.24) is 0 Å². The van der Waals surface area contributed by atoms with Crippen molar-refractivity contribution in [3.05, 3.63) is 33.8 Å². The third kappa shape index (κ3) is 3.78. The summed E-state index contributed by atoms with van der Waals surface area (Å²) < 4.78 is 6.54. The van der Waals surface area contributed by atoms with Crippen molar-refractivity contribution in [2.75, 3.05) is 19.0 Å². The van der Waals surface area contributed by atoms with Crippen molar-refractivity contribution in [2.45, 2.75) is 33.6 Å². The third-order valence-corrected chi connectivity index (χ3v) is 4.39. The molecule has 2 rings (SSSR count). The van der Waals surface area contributed by atoms with E-state index in [2.05, 4.69) is 54.2 Å². The first-order valence-electron chi connectivity index (χ1n) is 7.25. The number of methoxy groups -OCH3 is 1. The fraction of sp³-hybridized carbons (Fsp3) is 0.529. The SMILES string of the molecule is COc1cc(Br)cc(C)c1NCC1CC(C)=CC(C)C1. The normalized spacial score (nSPS) is 22.4. The number of halogens is 1. The van der Waals surface area contributed by atoms with Gasteiger partial charge >= 0.3 is 0 Å². The molecule has 1 aliphatic carbocycles. The lowest BCUT2D eigenvalue weighted by Gasteiger charge is -2.26. The fourth-order valence-corrected chi connectivity index (χ4v) is 3.74. The molecule has 0 radical (unpaired) electrons. The van der Waals surface area contributed by atoms with Gasteiger partial charge < -0.3 is 10.1 Å². The summed E-state index contributed by atoms with van der Waals surface area (Å²) in [5.74, 6) is 2.32. The number of hydrogen-bond donors (Lipinski definition) is 1. The van der Waals surface area contributed by atoms with Crippen molar-refractivity contribution in [3.63, 3.8) is 0 Å². The molecule has 0 heterocycles. The second-order valence-corrected chi connectivity index (χ2v) is 6.89. The largest absolute Gasteiger partial charge is 0.495 e. The minimum absolute atomic E-state index is 0.698. The van der Waals surface area contributed by atoms with Gasteiger partial charge in [0.25, 0.3) is 0 Å². The molecule has 20 heavy (non-hydrogen) atoms. The Morgan fingerprint density at radius 3 is 2.75 bits per heavy atom. The Morgan fingerprint density at radius 2 is 2.10 bits per heavy atom. The minimum atomic E-state index is 0.698. The van der Waals surface area contributed by atoms with Crippen molar-refractivity contribution in [1.29, 1.82) is 0 Å². The predicted molar refractivity (Wildman–Crippen MR) is 89.6 cm³/mol. The van der Waals surface area contributed by atoms with Crippen molar-refractivity contribution >= 4 is 21.6 Å². The molecule has 1 N–H and O–H groups in total. The molecule has 1 aromatic carbocycles. The molecule has 0 saturated carbocycles. The first-order chi connectivity index (χ1) is 9.49. The Morgan fingerprint density at radius 1 is 1.35 bits per heavy atom. The summed E-state index contributed by atoms with van der Waals surface area (Å²) in [5, 5.41) is 3.60. The van der Waals surface area contributed by atoms with E-state index >= 15 is 0 Å². The van der Waals surface area contributed by atoms with Crippen LogP contribution in [0.25, 0.3) is 0 Å². The molecule has 0 spiro atoms. The molecule has 2 unspecified atom stereocenters. The standard InChI is InChI=1S/C17H24BrNO/c1-11-5-12(2)7-14(6-11)10-19-17-13(3)8-15(18)9-16(17)20-4/h5,8-9,11,14,19H,6-7,10H2,1-4H3. The molecule has 2 atom stereocenters. The van der Waals surface area contributed by atoms with Crippen LogP contribution in [0.15, 0.2) is 28.3 Å². The highest BCUT2D eigenvalue weighted by Gasteiger charge is 2.18. The van der Waals surface area contributed by atoms with Gasteiger partial charge in [0, 0.05) is 11.0 Å². The van der Waals surface area contributed by atoms with Gasteiger partial charge in [-0.1, -0.05) is 34.5 Å². The van der Waals surface area contributed by atoms with Gasteiger partial charge in [-0.05, 0) is 56.2 Å². The van der Waals surface area contributed by atoms with Gasteiger partial charge in [0.1, 0.15) is 5.75 Å². The van der Waals surface area contributed by atoms with Gasteiger partial charge in [0.2, 0.25) is 0 Å². The lowest BCUT2D eigenvalue weighted by molar-refractivity contribution is 0.409. The summed E-state index contributed by atoms with van der Waals surface area (Å²) >= 11 is 3.52. The average Bonchev–Trinajstić information content (AvgIpc) is 2.35. The monoisotopic (exact) mass is 337 g/mol. The van der Waals surface area contributed by atoms with E-state index in [0.717, 1.165) is 22.5 Å². The van der Waals surface area contributed by atoms with Crippen LogP contribution in [0.4, 0.5) is 5.69 Å². The minimum Gasteiger partial charge on any atom is -0.495 e. The summed E-state index contributed by atoms with van der Waals surface area (Å²) in [7, 11) is 1.72. The molecular weight excluding hydrogens is 314 g/mol. The predicted octanol–water partition coefficient (Wildman–Crippen LogP) is 5.17. The van der Waals surface area contributed by atoms with Crippen LogP contribution in [-0.4, -0.2) is 13.7 Å². The van der Waals surface area contributed by atoms with Gasteiger partial charge in [-0.3, -0.25) is 0 Å². The molecule has 0 aromatic heterocycles. The smallest absolute Gasteiger partial charge is 0.143 e. The van der Waals surface area contributed by atoms with Gasteiger partial charge in [-0.15, -0.1) is 0 Å². The highest BCUT2D eigenvalue weighted by atomic mass is 79.9. The number of allylic oxidation sites excluding steroid dienone is 2. The van der Waals surface area contributed by atoms with E-state index in [1.165, 1.54) is 24.0 Å². The van der Waals surface area contributed by atoms with E-state index in [9.17, 15) is 0 Å². The summed E-state index contributed by atoms with van der Waals surface area (Å²) in [6.07, 6.45) is 4.87. The summed E-state index contributed by atoms with van der Waals surface area (Å²) in [6.45, 7) is 7.67. The Hall–Kier alpha value is -0.960. The van der Waals surface area contributed by atoms with Crippen LogP contribution < -0.4 is 10.1 Å². The molecule has 0 aliphatic heterocycles. The lowest BCUT2D eigenvalue weighted by Crippen LogP contribution is -2.20. The molecule has 2 nitrogen and oxygen atoms in total. The highest BCUT2D eigenvalue weighted by molar-refractivity contribution is 9.10. The summed E-state index contributed by atoms with van der Waals surface area (Å²) in [5.41, 5.74) is 3.86. The second kappa shape index (κ2) is 6.66. The number of rotatable bonds is 4. The molecule has 110 valence electrons. The third-order valence-electron chi connectivity index (χ3n) is 3.94. The molecule has 1 aromatic rings. The lowest BCUT2D eigenvalue weighted by atomic mass is 9.83. The van der Waals surface area contributed by atoms with Crippen molar-refractivity contribution in [2.24, 2.45) is 11.8 Å². The maximum Gasteiger partial charge on any atom is 0.143 e. The topological polar surface area (TPSA) is 21.3 Å². The van der Waals surface area contributed by atoms with Gasteiger partial charge in [0.05, 0.1) is 12.8 Å². The summed E-state index contributed by atoms with van der Waals surface area (Å²) in [4.78, 5) is 0. The van der Waals surface area contributed by atoms with Gasteiger partial charge in [-0.2, -0.15) is 0 Å². The molecule has 0 saturated heterocycles. The second-order valence-electron chi connectivity index (χ2n) is 5.98. The first-order valence-corrected chi connectivity index (χ1v) is 8.04. The van der Waals surface area contributed by atoms with Crippen molar-refractivity contribution in [3.8, 4) is 5.75 Å². The first kappa shape index (κ1) is 15.4. The van der Waals surface area contributed by atoms with Crippen LogP contribution >= 0.6 is 15.9 Å². The van der Waals surface area contributed by atoms with Crippen LogP contribution in [0.3, 0.4) is 0 Å². The Bertz CT molecular complexity index is 510. The zero-order valence-electron chi connectivity index (χ0n) is 12.8. The van der Waals surface area contributed by atoms with Crippen LogP contribution in [0, 0.1) is 18.8 Å². The highest BCUT2D eigenvalue weighted by Crippen LogP contribution is 2.34. The average molecular weight is 338 g/mol. The van der Waals surface area contributed by atoms with E-state index in [1.807, 2.05) is 6.07 Å². The Labute approximate surface area is 130 Å². The van der Waals surface area contributed by atoms with Crippen LogP contribution in [0.5, 0.6) is 5.75 Å². The van der Waals surface area contributed by atoms with Crippen LogP contribution in [-0.2, 0) is 0 Å². The zero-order valence-corrected chi connectivity index (χ0v) is 14.4. The van der Waals surface area contributed by atoms with Gasteiger partial charge in [-0.25, -0.2) is 0 Å². The van der Waals surface area contributed by atoms with Crippen molar-refractivity contribution < 1.29 is 4.74 Å². The van der Waals surface area contributed by atoms with Crippen LogP contribution in [0.1, 0.15) is 32.3 Å². The maximum absolute atomic E-state index is 5.49. The molecule has 3 heteroatoms. The Kier molecular flexibility index (Phi) is 5.14. The molecule has 1 aliphatic rings. The Balaban J connectivity index is 2.06. The van der Waals surface area contributed by atoms with E-state index in [4.69, 9.17) is 4.74 Å². The van der Waals surface area contributed by atoms with Gasteiger partial charge in [0.15, 0.2) is 0 Å². The number of nitrogens with one attached hydrogen (secondary N) is 1. The maximum atomic E-state index is 5.49. The number of aryl methyl sites for hydroxylation is 1. The van der Waals surface area contributed by atoms with E-state index in [0.29, 0.717) is 11.8 Å². The van der Waals surface area contributed by atoms with E-state index in [1.54, 1.807) is 7.11 Å².